The Kier molecular flexibility index (Phi) is 3.39. The van der Waals surface area contributed by atoms with Gasteiger partial charge in [0.1, 0.15) is 0 Å². The van der Waals surface area contributed by atoms with Crippen molar-refractivity contribution in [3.63, 3.8) is 0 Å². The van der Waals surface area contributed by atoms with Crippen molar-refractivity contribution in [3.05, 3.63) is 30.2 Å². The van der Waals surface area contributed by atoms with Crippen LogP contribution in [0.5, 0.6) is 0 Å². The van der Waals surface area contributed by atoms with Crippen molar-refractivity contribution >= 4 is 15.7 Å². The lowest BCUT2D eigenvalue weighted by molar-refractivity contribution is 0.896. The average Bonchev–Trinajstić information content (AvgIpc) is 2.70. The summed E-state index contributed by atoms with van der Waals surface area (Å²) in [5.41, 5.74) is 1.98. The maximum Gasteiger partial charge on any atom is 0.155 e. The van der Waals surface area contributed by atoms with E-state index < -0.39 is 10.0 Å². The maximum atomic E-state index is 4.51. The predicted octanol–water partition coefficient (Wildman–Crippen LogP) is 2.32. The molecular weight excluding hydrogens is 230 g/mol. The molecule has 2 heterocycles. The fourth-order valence-electron chi connectivity index (χ4n) is 1.45. The molecule has 0 saturated heterocycles. The van der Waals surface area contributed by atoms with Gasteiger partial charge in [0, 0.05) is 30.8 Å². The summed E-state index contributed by atoms with van der Waals surface area (Å²) < 4.78 is 1.77. The number of aromatic nitrogens is 3. The molecule has 0 aliphatic heterocycles. The van der Waals surface area contributed by atoms with E-state index in [4.69, 9.17) is 0 Å². The number of nitrogens with zero attached hydrogens (tertiary/aromatic N) is 3. The van der Waals surface area contributed by atoms with Gasteiger partial charge in [-0.1, -0.05) is 11.2 Å². The van der Waals surface area contributed by atoms with E-state index in [2.05, 4.69) is 40.0 Å². The predicted molar refractivity (Wildman–Crippen MR) is 74.4 cm³/mol. The van der Waals surface area contributed by atoms with E-state index in [1.165, 1.54) is 0 Å². The molecular formula is C13H17N3S. The Bertz CT molecular complexity index is 569. The topological polar surface area (TPSA) is 30.2 Å². The van der Waals surface area contributed by atoms with Crippen LogP contribution in [0.4, 0.5) is 0 Å². The van der Waals surface area contributed by atoms with Crippen molar-refractivity contribution in [2.24, 2.45) is 0 Å². The minimum Gasteiger partial charge on any atom is -0.234 e. The van der Waals surface area contributed by atoms with Gasteiger partial charge in [0.05, 0.1) is 6.20 Å². The molecule has 2 aromatic heterocycles. The summed E-state index contributed by atoms with van der Waals surface area (Å²) in [5.74, 6) is 3.24. The normalized spacial score (nSPS) is 12.2. The molecule has 0 unspecified atom stereocenters. The second kappa shape index (κ2) is 4.80. The number of rotatable bonds is 2. The third-order valence-electron chi connectivity index (χ3n) is 2.20. The van der Waals surface area contributed by atoms with Crippen molar-refractivity contribution in [1.29, 1.82) is 0 Å². The molecule has 0 aliphatic rings. The summed E-state index contributed by atoms with van der Waals surface area (Å²) in [6.45, 7) is 0. The van der Waals surface area contributed by atoms with Crippen LogP contribution in [0.15, 0.2) is 24.5 Å². The number of hydrogen-bond donors (Lipinski definition) is 0. The number of aryl methyl sites for hydroxylation is 1. The molecule has 90 valence electrons. The molecule has 4 heteroatoms. The largest absolute Gasteiger partial charge is 0.234 e. The number of hydrogen-bond acceptors (Lipinski definition) is 2. The van der Waals surface area contributed by atoms with Gasteiger partial charge in [0.15, 0.2) is 5.65 Å². The highest BCUT2D eigenvalue weighted by atomic mass is 32.3. The first-order chi connectivity index (χ1) is 8.04. The van der Waals surface area contributed by atoms with Crippen LogP contribution in [0, 0.1) is 11.2 Å². The Labute approximate surface area is 104 Å². The van der Waals surface area contributed by atoms with Gasteiger partial charge in [0.25, 0.3) is 0 Å². The molecule has 0 aliphatic carbocycles. The fourth-order valence-corrected chi connectivity index (χ4v) is 1.98. The van der Waals surface area contributed by atoms with E-state index in [9.17, 15) is 0 Å². The Morgan fingerprint density at radius 1 is 1.29 bits per heavy atom. The Morgan fingerprint density at radius 3 is 2.88 bits per heavy atom. The Hall–Kier alpha value is -1.47. The highest BCUT2D eigenvalue weighted by molar-refractivity contribution is 8.35. The quantitative estimate of drug-likeness (QED) is 0.762. The molecule has 0 spiro atoms. The van der Waals surface area contributed by atoms with Crippen LogP contribution in [-0.2, 0) is 6.42 Å². The average molecular weight is 247 g/mol. The van der Waals surface area contributed by atoms with Crippen LogP contribution in [0.25, 0.3) is 5.65 Å². The molecule has 0 saturated carbocycles. The molecule has 0 atom stereocenters. The molecule has 0 radical (unpaired) electrons. The highest BCUT2D eigenvalue weighted by Crippen LogP contribution is 2.32. The minimum atomic E-state index is -0.700. The zero-order valence-corrected chi connectivity index (χ0v) is 11.3. The van der Waals surface area contributed by atoms with Gasteiger partial charge < -0.3 is 0 Å². The standard InChI is InChI=1S/C13H17N3S/c1-17(2,3)11-5-4-6-12-8-10-16-13(15-12)7-9-14-16/h7-10H,4,6H2,1-3H3. The van der Waals surface area contributed by atoms with Crippen LogP contribution in [0.1, 0.15) is 12.1 Å². The lowest BCUT2D eigenvalue weighted by atomic mass is 10.2. The van der Waals surface area contributed by atoms with E-state index in [0.717, 1.165) is 24.2 Å². The first kappa shape index (κ1) is 12.0. The van der Waals surface area contributed by atoms with Crippen molar-refractivity contribution in [2.75, 3.05) is 18.8 Å². The summed E-state index contributed by atoms with van der Waals surface area (Å²) in [4.78, 5) is 4.51. The summed E-state index contributed by atoms with van der Waals surface area (Å²) in [5, 5.41) is 7.43. The number of fused-ring (bicyclic) bond motifs is 1. The van der Waals surface area contributed by atoms with Gasteiger partial charge in [-0.2, -0.15) is 15.1 Å². The molecule has 17 heavy (non-hydrogen) atoms. The van der Waals surface area contributed by atoms with Gasteiger partial charge in [-0.25, -0.2) is 9.50 Å². The summed E-state index contributed by atoms with van der Waals surface area (Å²) in [6.07, 6.45) is 12.1. The SMILES string of the molecule is CS(C)(C)C#CCCc1ccn2nccc2n1. The fraction of sp³-hybridized carbons (Fsp3) is 0.385. The Morgan fingerprint density at radius 2 is 2.12 bits per heavy atom. The van der Waals surface area contributed by atoms with Gasteiger partial charge in [0.2, 0.25) is 0 Å². The lowest BCUT2D eigenvalue weighted by Gasteiger charge is -2.14. The van der Waals surface area contributed by atoms with Gasteiger partial charge in [-0.3, -0.25) is 0 Å². The zero-order chi connectivity index (χ0) is 12.3. The van der Waals surface area contributed by atoms with Crippen molar-refractivity contribution in [3.8, 4) is 11.2 Å². The maximum absolute atomic E-state index is 4.51. The van der Waals surface area contributed by atoms with Crippen molar-refractivity contribution < 1.29 is 0 Å². The van der Waals surface area contributed by atoms with Gasteiger partial charge in [-0.15, -0.1) is 0 Å². The van der Waals surface area contributed by atoms with E-state index >= 15 is 0 Å². The van der Waals surface area contributed by atoms with Crippen LogP contribution in [-0.4, -0.2) is 33.4 Å². The molecule has 2 rings (SSSR count). The van der Waals surface area contributed by atoms with Crippen LogP contribution >= 0.6 is 10.0 Å². The van der Waals surface area contributed by atoms with Crippen LogP contribution < -0.4 is 0 Å². The molecule has 3 nitrogen and oxygen atoms in total. The Balaban J connectivity index is 2.01. The second-order valence-electron chi connectivity index (χ2n) is 4.67. The monoisotopic (exact) mass is 247 g/mol. The van der Waals surface area contributed by atoms with Gasteiger partial charge in [-0.05, 0) is 24.8 Å². The molecule has 2 aromatic rings. The molecule has 0 bridgehead atoms. The summed E-state index contributed by atoms with van der Waals surface area (Å²) in [6, 6.07) is 3.92. The molecule has 0 fully saturated rings. The minimum absolute atomic E-state index is 0.700. The molecule has 0 amide bonds. The summed E-state index contributed by atoms with van der Waals surface area (Å²) in [7, 11) is -0.700. The van der Waals surface area contributed by atoms with E-state index in [-0.39, 0.29) is 0 Å². The molecule has 0 aromatic carbocycles. The third kappa shape index (κ3) is 3.50. The lowest BCUT2D eigenvalue weighted by Crippen LogP contribution is -1.94. The molecule has 0 N–H and O–H groups in total. The second-order valence-corrected chi connectivity index (χ2v) is 8.55. The third-order valence-corrected chi connectivity index (χ3v) is 2.96. The van der Waals surface area contributed by atoms with E-state index in [1.54, 1.807) is 10.7 Å². The van der Waals surface area contributed by atoms with Gasteiger partial charge >= 0.3 is 0 Å². The van der Waals surface area contributed by atoms with Crippen LogP contribution in [0.2, 0.25) is 0 Å². The first-order valence-corrected chi connectivity index (χ1v) is 8.37. The van der Waals surface area contributed by atoms with E-state index in [1.807, 2.05) is 18.3 Å². The van der Waals surface area contributed by atoms with Crippen molar-refractivity contribution in [1.82, 2.24) is 14.6 Å². The summed E-state index contributed by atoms with van der Waals surface area (Å²) >= 11 is 0. The zero-order valence-electron chi connectivity index (χ0n) is 10.5. The van der Waals surface area contributed by atoms with E-state index in [0.29, 0.717) is 0 Å². The van der Waals surface area contributed by atoms with Crippen LogP contribution in [0.3, 0.4) is 0 Å². The van der Waals surface area contributed by atoms with Crippen molar-refractivity contribution in [2.45, 2.75) is 12.8 Å². The first-order valence-electron chi connectivity index (χ1n) is 5.52. The highest BCUT2D eigenvalue weighted by Gasteiger charge is 1.98. The smallest absolute Gasteiger partial charge is 0.155 e.